The van der Waals surface area contributed by atoms with Crippen molar-refractivity contribution >= 4 is 0 Å². The SMILES string of the molecule is CCCCC[C@H]1CC[C@H](CCC2CCC(c3ccc(O)cc3)(c3ccc(O)cc3)CC2)CC1. The van der Waals surface area contributed by atoms with Gasteiger partial charge in [0.15, 0.2) is 0 Å². The Hall–Kier alpha value is -1.96. The lowest BCUT2D eigenvalue weighted by atomic mass is 9.62. The van der Waals surface area contributed by atoms with Gasteiger partial charge in [0.1, 0.15) is 11.5 Å². The third kappa shape index (κ3) is 6.14. The van der Waals surface area contributed by atoms with E-state index in [0.29, 0.717) is 11.5 Å². The molecule has 2 fully saturated rings. The fraction of sp³-hybridized carbons (Fsp3) is 0.613. The molecule has 0 saturated heterocycles. The summed E-state index contributed by atoms with van der Waals surface area (Å²) in [5.41, 5.74) is 2.59. The molecule has 0 unspecified atom stereocenters. The van der Waals surface area contributed by atoms with E-state index in [-0.39, 0.29) is 5.41 Å². The number of hydrogen-bond acceptors (Lipinski definition) is 2. The molecule has 0 amide bonds. The molecular formula is C31H44O2. The van der Waals surface area contributed by atoms with Gasteiger partial charge in [-0.05, 0) is 78.8 Å². The average Bonchev–Trinajstić information content (AvgIpc) is 2.85. The van der Waals surface area contributed by atoms with Crippen molar-refractivity contribution in [3.8, 4) is 11.5 Å². The van der Waals surface area contributed by atoms with Crippen molar-refractivity contribution in [1.29, 1.82) is 0 Å². The monoisotopic (exact) mass is 448 g/mol. The predicted octanol–water partition coefficient (Wildman–Crippen LogP) is 8.74. The third-order valence-electron chi connectivity index (χ3n) is 8.96. The summed E-state index contributed by atoms with van der Waals surface area (Å²) in [6, 6.07) is 15.7. The Labute approximate surface area is 201 Å². The van der Waals surface area contributed by atoms with E-state index >= 15 is 0 Å². The first-order valence-electron chi connectivity index (χ1n) is 13.7. The van der Waals surface area contributed by atoms with E-state index in [1.165, 1.54) is 88.2 Å². The molecule has 4 rings (SSSR count). The highest BCUT2D eigenvalue weighted by atomic mass is 16.3. The topological polar surface area (TPSA) is 40.5 Å². The van der Waals surface area contributed by atoms with Crippen LogP contribution in [-0.2, 0) is 5.41 Å². The first kappa shape index (κ1) is 24.2. The highest BCUT2D eigenvalue weighted by Crippen LogP contribution is 2.48. The molecule has 0 aliphatic heterocycles. The summed E-state index contributed by atoms with van der Waals surface area (Å²) < 4.78 is 0. The van der Waals surface area contributed by atoms with Crippen LogP contribution in [0.15, 0.2) is 48.5 Å². The van der Waals surface area contributed by atoms with Crippen LogP contribution in [0.25, 0.3) is 0 Å². The Morgan fingerprint density at radius 2 is 1.03 bits per heavy atom. The smallest absolute Gasteiger partial charge is 0.115 e. The van der Waals surface area contributed by atoms with Crippen molar-refractivity contribution in [2.75, 3.05) is 0 Å². The van der Waals surface area contributed by atoms with Crippen LogP contribution in [0.4, 0.5) is 0 Å². The van der Waals surface area contributed by atoms with Crippen LogP contribution < -0.4 is 0 Å². The van der Waals surface area contributed by atoms with Crippen molar-refractivity contribution in [2.45, 2.75) is 102 Å². The van der Waals surface area contributed by atoms with Crippen LogP contribution in [0.5, 0.6) is 11.5 Å². The molecule has 2 aliphatic rings. The first-order chi connectivity index (χ1) is 16.1. The molecule has 0 spiro atoms. The highest BCUT2D eigenvalue weighted by Gasteiger charge is 2.38. The molecule has 0 bridgehead atoms. The summed E-state index contributed by atoms with van der Waals surface area (Å²) in [4.78, 5) is 0. The Balaban J connectivity index is 1.32. The fourth-order valence-corrected chi connectivity index (χ4v) is 6.73. The van der Waals surface area contributed by atoms with Gasteiger partial charge in [-0.2, -0.15) is 0 Å². The zero-order valence-electron chi connectivity index (χ0n) is 20.6. The van der Waals surface area contributed by atoms with Crippen molar-refractivity contribution in [3.63, 3.8) is 0 Å². The maximum atomic E-state index is 9.82. The fourth-order valence-electron chi connectivity index (χ4n) is 6.73. The summed E-state index contributed by atoms with van der Waals surface area (Å²) in [6.07, 6.45) is 19.2. The zero-order chi connectivity index (χ0) is 23.1. The van der Waals surface area contributed by atoms with E-state index in [1.54, 1.807) is 0 Å². The number of aromatic hydroxyl groups is 2. The normalized spacial score (nSPS) is 23.4. The van der Waals surface area contributed by atoms with Gasteiger partial charge in [0.2, 0.25) is 0 Å². The van der Waals surface area contributed by atoms with Crippen LogP contribution in [0.1, 0.15) is 108 Å². The lowest BCUT2D eigenvalue weighted by Crippen LogP contribution is -2.33. The lowest BCUT2D eigenvalue weighted by molar-refractivity contribution is 0.208. The van der Waals surface area contributed by atoms with Crippen molar-refractivity contribution in [3.05, 3.63) is 59.7 Å². The van der Waals surface area contributed by atoms with Crippen molar-refractivity contribution in [1.82, 2.24) is 0 Å². The van der Waals surface area contributed by atoms with Crippen LogP contribution >= 0.6 is 0 Å². The van der Waals surface area contributed by atoms with Gasteiger partial charge in [-0.3, -0.25) is 0 Å². The molecule has 180 valence electrons. The molecule has 0 heterocycles. The van der Waals surface area contributed by atoms with Gasteiger partial charge in [0, 0.05) is 5.41 Å². The minimum absolute atomic E-state index is 0.00551. The molecule has 2 saturated carbocycles. The summed E-state index contributed by atoms with van der Waals surface area (Å²) in [5, 5.41) is 19.6. The Morgan fingerprint density at radius 3 is 1.48 bits per heavy atom. The van der Waals surface area contributed by atoms with Crippen LogP contribution in [-0.4, -0.2) is 10.2 Å². The largest absolute Gasteiger partial charge is 0.508 e. The number of phenolic OH excluding ortho intramolecular Hbond substituents is 2. The van der Waals surface area contributed by atoms with Gasteiger partial charge in [0.05, 0.1) is 0 Å². The van der Waals surface area contributed by atoms with Gasteiger partial charge < -0.3 is 10.2 Å². The standard InChI is InChI=1S/C31H44O2/c1-2-3-4-5-24-6-8-25(9-7-24)10-11-26-20-22-31(23-21-26,27-12-16-29(32)17-13-27)28-14-18-30(33)19-15-28/h12-19,24-26,32-33H,2-11,20-23H2,1H3/t24-,25-. The van der Waals surface area contributed by atoms with E-state index in [1.807, 2.05) is 24.3 Å². The molecule has 2 nitrogen and oxygen atoms in total. The minimum atomic E-state index is -0.00551. The van der Waals surface area contributed by atoms with Gasteiger partial charge in [-0.15, -0.1) is 0 Å². The lowest BCUT2D eigenvalue weighted by Gasteiger charge is -2.42. The Kier molecular flexibility index (Phi) is 8.39. The average molecular weight is 449 g/mol. The van der Waals surface area contributed by atoms with Crippen LogP contribution in [0.3, 0.4) is 0 Å². The van der Waals surface area contributed by atoms with E-state index in [2.05, 4.69) is 31.2 Å². The van der Waals surface area contributed by atoms with Gasteiger partial charge in [-0.25, -0.2) is 0 Å². The second kappa shape index (κ2) is 11.4. The molecule has 2 aromatic rings. The predicted molar refractivity (Wildman–Crippen MR) is 138 cm³/mol. The van der Waals surface area contributed by atoms with Gasteiger partial charge in [0.25, 0.3) is 0 Å². The quantitative estimate of drug-likeness (QED) is 0.376. The molecule has 2 aromatic carbocycles. The summed E-state index contributed by atoms with van der Waals surface area (Å²) >= 11 is 0. The molecule has 33 heavy (non-hydrogen) atoms. The maximum Gasteiger partial charge on any atom is 0.115 e. The Bertz CT molecular complexity index is 775. The maximum absolute atomic E-state index is 9.82. The molecule has 2 aliphatic carbocycles. The minimum Gasteiger partial charge on any atom is -0.508 e. The molecule has 2 heteroatoms. The van der Waals surface area contributed by atoms with Crippen molar-refractivity contribution in [2.24, 2.45) is 17.8 Å². The molecule has 0 radical (unpaired) electrons. The zero-order valence-corrected chi connectivity index (χ0v) is 20.6. The van der Waals surface area contributed by atoms with Gasteiger partial charge >= 0.3 is 0 Å². The second-order valence-corrected chi connectivity index (χ2v) is 11.1. The summed E-state index contributed by atoms with van der Waals surface area (Å²) in [7, 11) is 0. The van der Waals surface area contributed by atoms with E-state index in [0.717, 1.165) is 30.6 Å². The number of unbranched alkanes of at least 4 members (excludes halogenated alkanes) is 2. The second-order valence-electron chi connectivity index (χ2n) is 11.1. The number of phenols is 2. The van der Waals surface area contributed by atoms with Gasteiger partial charge in [-0.1, -0.05) is 95.4 Å². The van der Waals surface area contributed by atoms with E-state index in [4.69, 9.17) is 0 Å². The van der Waals surface area contributed by atoms with E-state index < -0.39 is 0 Å². The number of hydrogen-bond donors (Lipinski definition) is 2. The molecular weight excluding hydrogens is 404 g/mol. The molecule has 0 atom stereocenters. The molecule has 2 N–H and O–H groups in total. The summed E-state index contributed by atoms with van der Waals surface area (Å²) in [5.74, 6) is 3.48. The number of rotatable bonds is 9. The third-order valence-corrected chi connectivity index (χ3v) is 8.96. The van der Waals surface area contributed by atoms with Crippen molar-refractivity contribution < 1.29 is 10.2 Å². The number of benzene rings is 2. The van der Waals surface area contributed by atoms with Crippen LogP contribution in [0.2, 0.25) is 0 Å². The Morgan fingerprint density at radius 1 is 0.606 bits per heavy atom. The summed E-state index contributed by atoms with van der Waals surface area (Å²) in [6.45, 7) is 2.31. The highest BCUT2D eigenvalue weighted by molar-refractivity contribution is 5.43. The molecule has 0 aromatic heterocycles. The van der Waals surface area contributed by atoms with Crippen LogP contribution in [0, 0.1) is 17.8 Å². The first-order valence-corrected chi connectivity index (χ1v) is 13.7. The van der Waals surface area contributed by atoms with E-state index in [9.17, 15) is 10.2 Å².